The number of carbonyl (C=O) groups excluding carboxylic acids is 1. The summed E-state index contributed by atoms with van der Waals surface area (Å²) in [5, 5.41) is 3.38. The maximum Gasteiger partial charge on any atom is 0.253 e. The van der Waals surface area contributed by atoms with Gasteiger partial charge in [-0.05, 0) is 42.8 Å². The molecule has 5 heteroatoms. The van der Waals surface area contributed by atoms with E-state index in [9.17, 15) is 4.79 Å². The molecule has 20 heavy (non-hydrogen) atoms. The third kappa shape index (κ3) is 3.84. The highest BCUT2D eigenvalue weighted by Crippen LogP contribution is 2.22. The van der Waals surface area contributed by atoms with Crippen LogP contribution in [0.1, 0.15) is 28.9 Å². The van der Waals surface area contributed by atoms with Crippen LogP contribution in [0.2, 0.25) is 5.02 Å². The van der Waals surface area contributed by atoms with Crippen molar-refractivity contribution in [2.24, 2.45) is 0 Å². The number of hydrogen-bond acceptors (Lipinski definition) is 1. The molecule has 0 saturated carbocycles. The van der Waals surface area contributed by atoms with Crippen molar-refractivity contribution >= 4 is 49.4 Å². The van der Waals surface area contributed by atoms with Gasteiger partial charge in [0.2, 0.25) is 0 Å². The van der Waals surface area contributed by atoms with E-state index in [1.54, 1.807) is 18.2 Å². The fourth-order valence-corrected chi connectivity index (χ4v) is 2.61. The lowest BCUT2D eigenvalue weighted by Gasteiger charge is -2.15. The van der Waals surface area contributed by atoms with Crippen LogP contribution in [-0.4, -0.2) is 5.91 Å². The van der Waals surface area contributed by atoms with Gasteiger partial charge in [0.05, 0.1) is 16.6 Å². The van der Waals surface area contributed by atoms with Gasteiger partial charge in [0, 0.05) is 8.95 Å². The van der Waals surface area contributed by atoms with Crippen molar-refractivity contribution in [1.29, 1.82) is 0 Å². The van der Waals surface area contributed by atoms with Gasteiger partial charge in [-0.25, -0.2) is 0 Å². The summed E-state index contributed by atoms with van der Waals surface area (Å²) in [5.74, 6) is -0.188. The Bertz CT molecular complexity index is 628. The molecule has 2 nitrogen and oxygen atoms in total. The van der Waals surface area contributed by atoms with Gasteiger partial charge in [0.25, 0.3) is 5.91 Å². The molecular formula is C15H12Br2ClNO. The third-order valence-corrected chi connectivity index (χ3v) is 4.24. The Kier molecular flexibility index (Phi) is 5.24. The molecule has 2 aromatic rings. The molecule has 0 radical (unpaired) electrons. The molecule has 0 aliphatic rings. The van der Waals surface area contributed by atoms with Crippen molar-refractivity contribution in [3.05, 3.63) is 67.6 Å². The normalized spacial score (nSPS) is 12.0. The Morgan fingerprint density at radius 3 is 2.35 bits per heavy atom. The second-order valence-electron chi connectivity index (χ2n) is 4.37. The van der Waals surface area contributed by atoms with Crippen molar-refractivity contribution in [3.8, 4) is 0 Å². The number of benzene rings is 2. The molecule has 104 valence electrons. The average Bonchev–Trinajstić information content (AvgIpc) is 2.42. The number of halogens is 3. The lowest BCUT2D eigenvalue weighted by atomic mass is 10.1. The van der Waals surface area contributed by atoms with E-state index in [0.29, 0.717) is 10.6 Å². The molecule has 2 aromatic carbocycles. The maximum atomic E-state index is 12.2. The van der Waals surface area contributed by atoms with Crippen molar-refractivity contribution in [3.63, 3.8) is 0 Å². The SMILES string of the molecule is CC(NC(=O)c1cc(Br)ccc1Cl)c1ccc(Br)cc1. The minimum atomic E-state index is -0.188. The summed E-state index contributed by atoms with van der Waals surface area (Å²) in [7, 11) is 0. The minimum Gasteiger partial charge on any atom is -0.345 e. The second kappa shape index (κ2) is 6.74. The standard InChI is InChI=1S/C15H12Br2ClNO/c1-9(10-2-4-11(16)5-3-10)19-15(20)13-8-12(17)6-7-14(13)18/h2-9H,1H3,(H,19,20). The molecule has 0 bridgehead atoms. The molecule has 0 heterocycles. The summed E-state index contributed by atoms with van der Waals surface area (Å²) in [4.78, 5) is 12.2. The Hall–Kier alpha value is -0.840. The number of amides is 1. The van der Waals surface area contributed by atoms with E-state index in [-0.39, 0.29) is 11.9 Å². The van der Waals surface area contributed by atoms with Crippen molar-refractivity contribution < 1.29 is 4.79 Å². The van der Waals surface area contributed by atoms with E-state index < -0.39 is 0 Å². The van der Waals surface area contributed by atoms with Crippen LogP contribution < -0.4 is 5.32 Å². The van der Waals surface area contributed by atoms with Crippen LogP contribution in [0.5, 0.6) is 0 Å². The highest BCUT2D eigenvalue weighted by atomic mass is 79.9. The van der Waals surface area contributed by atoms with E-state index in [0.717, 1.165) is 14.5 Å². The summed E-state index contributed by atoms with van der Waals surface area (Å²) in [6, 6.07) is 13.0. The van der Waals surface area contributed by atoms with Crippen molar-refractivity contribution in [1.82, 2.24) is 5.32 Å². The van der Waals surface area contributed by atoms with Crippen LogP contribution >= 0.6 is 43.5 Å². The van der Waals surface area contributed by atoms with Gasteiger partial charge >= 0.3 is 0 Å². The van der Waals surface area contributed by atoms with Crippen molar-refractivity contribution in [2.45, 2.75) is 13.0 Å². The fraction of sp³-hybridized carbons (Fsp3) is 0.133. The maximum absolute atomic E-state index is 12.2. The van der Waals surface area contributed by atoms with E-state index in [1.807, 2.05) is 31.2 Å². The number of carbonyl (C=O) groups is 1. The summed E-state index contributed by atoms with van der Waals surface area (Å²) >= 11 is 12.8. The van der Waals surface area contributed by atoms with Crippen LogP contribution in [0, 0.1) is 0 Å². The highest BCUT2D eigenvalue weighted by Gasteiger charge is 2.14. The Balaban J connectivity index is 2.15. The lowest BCUT2D eigenvalue weighted by Crippen LogP contribution is -2.26. The zero-order valence-corrected chi connectivity index (χ0v) is 14.6. The topological polar surface area (TPSA) is 29.1 Å². The molecule has 0 spiro atoms. The third-order valence-electron chi connectivity index (χ3n) is 2.89. The van der Waals surface area contributed by atoms with Crippen LogP contribution in [0.15, 0.2) is 51.4 Å². The summed E-state index contributed by atoms with van der Waals surface area (Å²) in [6.45, 7) is 1.94. The summed E-state index contributed by atoms with van der Waals surface area (Å²) < 4.78 is 1.83. The number of nitrogens with one attached hydrogen (secondary N) is 1. The quantitative estimate of drug-likeness (QED) is 0.716. The molecular weight excluding hydrogens is 405 g/mol. The van der Waals surface area contributed by atoms with Crippen LogP contribution in [0.25, 0.3) is 0 Å². The first-order valence-corrected chi connectivity index (χ1v) is 7.95. The van der Waals surface area contributed by atoms with Crippen LogP contribution in [0.3, 0.4) is 0 Å². The molecule has 2 rings (SSSR count). The summed E-state index contributed by atoms with van der Waals surface area (Å²) in [5.41, 5.74) is 1.50. The first-order valence-electron chi connectivity index (χ1n) is 5.99. The van der Waals surface area contributed by atoms with Gasteiger partial charge in [0.15, 0.2) is 0 Å². The highest BCUT2D eigenvalue weighted by molar-refractivity contribution is 9.10. The predicted molar refractivity (Wildman–Crippen MR) is 89.2 cm³/mol. The lowest BCUT2D eigenvalue weighted by molar-refractivity contribution is 0.0940. The first-order chi connectivity index (χ1) is 9.47. The fourth-order valence-electron chi connectivity index (χ4n) is 1.78. The second-order valence-corrected chi connectivity index (χ2v) is 6.61. The van der Waals surface area contributed by atoms with Gasteiger partial charge in [-0.3, -0.25) is 4.79 Å². The van der Waals surface area contributed by atoms with Crippen LogP contribution in [0.4, 0.5) is 0 Å². The molecule has 0 saturated heterocycles. The van der Waals surface area contributed by atoms with Gasteiger partial charge in [0.1, 0.15) is 0 Å². The molecule has 1 unspecified atom stereocenters. The van der Waals surface area contributed by atoms with Gasteiger partial charge < -0.3 is 5.32 Å². The van der Waals surface area contributed by atoms with E-state index in [2.05, 4.69) is 37.2 Å². The Morgan fingerprint density at radius 1 is 1.10 bits per heavy atom. The van der Waals surface area contributed by atoms with E-state index in [4.69, 9.17) is 11.6 Å². The van der Waals surface area contributed by atoms with Crippen LogP contribution in [-0.2, 0) is 0 Å². The van der Waals surface area contributed by atoms with Gasteiger partial charge in [-0.1, -0.05) is 55.6 Å². The van der Waals surface area contributed by atoms with Gasteiger partial charge in [-0.15, -0.1) is 0 Å². The number of rotatable bonds is 3. The largest absolute Gasteiger partial charge is 0.345 e. The van der Waals surface area contributed by atoms with E-state index >= 15 is 0 Å². The zero-order chi connectivity index (χ0) is 14.7. The predicted octanol–water partition coefficient (Wildman–Crippen LogP) is 5.36. The molecule has 0 aliphatic heterocycles. The van der Waals surface area contributed by atoms with Crippen molar-refractivity contribution in [2.75, 3.05) is 0 Å². The molecule has 0 aliphatic carbocycles. The minimum absolute atomic E-state index is 0.0920. The molecule has 1 atom stereocenters. The first kappa shape index (κ1) is 15.5. The zero-order valence-electron chi connectivity index (χ0n) is 10.7. The smallest absolute Gasteiger partial charge is 0.253 e. The number of hydrogen-bond donors (Lipinski definition) is 1. The molecule has 1 N–H and O–H groups in total. The Labute approximate surface area is 139 Å². The Morgan fingerprint density at radius 2 is 1.70 bits per heavy atom. The molecule has 0 aromatic heterocycles. The average molecular weight is 418 g/mol. The van der Waals surface area contributed by atoms with Gasteiger partial charge in [-0.2, -0.15) is 0 Å². The molecule has 0 fully saturated rings. The molecule has 1 amide bonds. The van der Waals surface area contributed by atoms with E-state index in [1.165, 1.54) is 0 Å². The monoisotopic (exact) mass is 415 g/mol. The summed E-state index contributed by atoms with van der Waals surface area (Å²) in [6.07, 6.45) is 0.